The minimum absolute atomic E-state index is 0. The lowest BCUT2D eigenvalue weighted by atomic mass is 9.95. The molecule has 2 N–H and O–H groups in total. The number of carbonyl (C=O) groups excluding carboxylic acids is 1. The molecule has 0 heterocycles. The molecule has 1 atom stereocenters. The van der Waals surface area contributed by atoms with Gasteiger partial charge in [0.1, 0.15) is 5.82 Å². The lowest BCUT2D eigenvalue weighted by Gasteiger charge is -2.29. The van der Waals surface area contributed by atoms with E-state index in [2.05, 4.69) is 0 Å². The summed E-state index contributed by atoms with van der Waals surface area (Å²) in [5.74, 6) is -0.482. The summed E-state index contributed by atoms with van der Waals surface area (Å²) in [6, 6.07) is 5.78. The number of rotatable bonds is 4. The monoisotopic (exact) mass is 274 g/mol. The lowest BCUT2D eigenvalue weighted by molar-refractivity contribution is -0.123. The number of hydrogen-bond acceptors (Lipinski definition) is 2. The van der Waals surface area contributed by atoms with E-state index < -0.39 is 5.54 Å². The normalized spacial score (nSPS) is 13.4. The maximum atomic E-state index is 12.8. The average molecular weight is 275 g/mol. The minimum Gasteiger partial charge on any atom is -0.318 e. The Labute approximate surface area is 114 Å². The van der Waals surface area contributed by atoms with Crippen molar-refractivity contribution in [3.8, 4) is 0 Å². The molecule has 1 aromatic carbocycles. The molecular formula is C13H20ClFN2O. The van der Waals surface area contributed by atoms with Crippen LogP contribution in [-0.2, 0) is 4.79 Å². The van der Waals surface area contributed by atoms with Crippen LogP contribution in [0.15, 0.2) is 24.3 Å². The number of anilines is 1. The highest BCUT2D eigenvalue weighted by molar-refractivity contribution is 5.99. The van der Waals surface area contributed by atoms with Crippen molar-refractivity contribution >= 4 is 24.0 Å². The van der Waals surface area contributed by atoms with Crippen molar-refractivity contribution in [3.05, 3.63) is 30.1 Å². The van der Waals surface area contributed by atoms with Gasteiger partial charge in [-0.05, 0) is 37.6 Å². The summed E-state index contributed by atoms with van der Waals surface area (Å²) >= 11 is 0. The van der Waals surface area contributed by atoms with Crippen LogP contribution in [0.3, 0.4) is 0 Å². The standard InChI is InChI=1S/C13H19FN2O.ClH/c1-4-9-13(2,15)12(17)16(3)11-7-5-10(14)6-8-11;/h5-8H,4,9,15H2,1-3H3;1H. The van der Waals surface area contributed by atoms with Gasteiger partial charge >= 0.3 is 0 Å². The fourth-order valence-electron chi connectivity index (χ4n) is 1.79. The Bertz CT molecular complexity index is 392. The molecular weight excluding hydrogens is 255 g/mol. The molecule has 0 saturated carbocycles. The molecule has 5 heteroatoms. The fraction of sp³-hybridized carbons (Fsp3) is 0.462. The topological polar surface area (TPSA) is 46.3 Å². The Hall–Kier alpha value is -1.13. The third-order valence-corrected chi connectivity index (χ3v) is 2.78. The number of likely N-dealkylation sites (N-methyl/N-ethyl adjacent to an activating group) is 1. The Morgan fingerprint density at radius 2 is 1.89 bits per heavy atom. The van der Waals surface area contributed by atoms with Gasteiger partial charge in [0.05, 0.1) is 5.54 Å². The highest BCUT2D eigenvalue weighted by Gasteiger charge is 2.30. The number of nitrogens with two attached hydrogens (primary N) is 1. The van der Waals surface area contributed by atoms with Crippen LogP contribution in [0.1, 0.15) is 26.7 Å². The second-order valence-electron chi connectivity index (χ2n) is 4.51. The van der Waals surface area contributed by atoms with Crippen LogP contribution in [0, 0.1) is 5.82 Å². The van der Waals surface area contributed by atoms with E-state index in [1.54, 1.807) is 26.1 Å². The van der Waals surface area contributed by atoms with E-state index in [0.29, 0.717) is 12.1 Å². The fourth-order valence-corrected chi connectivity index (χ4v) is 1.79. The van der Waals surface area contributed by atoms with Crippen molar-refractivity contribution in [2.75, 3.05) is 11.9 Å². The molecule has 0 aliphatic carbocycles. The Kier molecular flexibility index (Phi) is 6.29. The number of carbonyl (C=O) groups is 1. The predicted octanol–water partition coefficient (Wildman–Crippen LogP) is 2.73. The Morgan fingerprint density at radius 1 is 1.39 bits per heavy atom. The van der Waals surface area contributed by atoms with Crippen LogP contribution in [0.2, 0.25) is 0 Å². The van der Waals surface area contributed by atoms with E-state index >= 15 is 0 Å². The molecule has 1 unspecified atom stereocenters. The molecule has 0 aliphatic rings. The van der Waals surface area contributed by atoms with Crippen LogP contribution < -0.4 is 10.6 Å². The molecule has 3 nitrogen and oxygen atoms in total. The van der Waals surface area contributed by atoms with Crippen molar-refractivity contribution in [3.63, 3.8) is 0 Å². The van der Waals surface area contributed by atoms with E-state index in [1.165, 1.54) is 17.0 Å². The molecule has 0 fully saturated rings. The van der Waals surface area contributed by atoms with Crippen molar-refractivity contribution < 1.29 is 9.18 Å². The summed E-state index contributed by atoms with van der Waals surface area (Å²) in [5.41, 5.74) is 5.74. The summed E-state index contributed by atoms with van der Waals surface area (Å²) < 4.78 is 12.8. The molecule has 1 rings (SSSR count). The maximum absolute atomic E-state index is 12.8. The molecule has 0 spiro atoms. The van der Waals surface area contributed by atoms with Crippen LogP contribution >= 0.6 is 12.4 Å². The zero-order chi connectivity index (χ0) is 13.1. The second-order valence-corrected chi connectivity index (χ2v) is 4.51. The Morgan fingerprint density at radius 3 is 2.33 bits per heavy atom. The highest BCUT2D eigenvalue weighted by atomic mass is 35.5. The third-order valence-electron chi connectivity index (χ3n) is 2.78. The van der Waals surface area contributed by atoms with Crippen molar-refractivity contribution in [1.29, 1.82) is 0 Å². The van der Waals surface area contributed by atoms with Crippen molar-refractivity contribution in [2.24, 2.45) is 5.73 Å². The first-order chi connectivity index (χ1) is 7.88. The predicted molar refractivity (Wildman–Crippen MR) is 74.6 cm³/mol. The van der Waals surface area contributed by atoms with Crippen LogP contribution in [-0.4, -0.2) is 18.5 Å². The SMILES string of the molecule is CCCC(C)(N)C(=O)N(C)c1ccc(F)cc1.Cl. The molecule has 1 amide bonds. The van der Waals surface area contributed by atoms with Gasteiger partial charge in [0.25, 0.3) is 0 Å². The lowest BCUT2D eigenvalue weighted by Crippen LogP contribution is -2.52. The summed E-state index contributed by atoms with van der Waals surface area (Å²) in [4.78, 5) is 13.6. The van der Waals surface area contributed by atoms with E-state index in [0.717, 1.165) is 6.42 Å². The second kappa shape index (κ2) is 6.71. The van der Waals surface area contributed by atoms with Gasteiger partial charge < -0.3 is 10.6 Å². The largest absolute Gasteiger partial charge is 0.318 e. The van der Waals surface area contributed by atoms with E-state index in [-0.39, 0.29) is 24.1 Å². The summed E-state index contributed by atoms with van der Waals surface area (Å²) in [7, 11) is 1.65. The maximum Gasteiger partial charge on any atom is 0.246 e. The van der Waals surface area contributed by atoms with Gasteiger partial charge in [-0.1, -0.05) is 13.3 Å². The van der Waals surface area contributed by atoms with Gasteiger partial charge in [-0.3, -0.25) is 4.79 Å². The van der Waals surface area contributed by atoms with E-state index in [4.69, 9.17) is 5.73 Å². The summed E-state index contributed by atoms with van der Waals surface area (Å²) in [5, 5.41) is 0. The van der Waals surface area contributed by atoms with E-state index in [1.807, 2.05) is 6.92 Å². The number of hydrogen-bond donors (Lipinski definition) is 1. The molecule has 0 bridgehead atoms. The summed E-state index contributed by atoms with van der Waals surface area (Å²) in [6.07, 6.45) is 1.47. The molecule has 0 radical (unpaired) electrons. The van der Waals surface area contributed by atoms with Gasteiger partial charge in [-0.25, -0.2) is 4.39 Å². The van der Waals surface area contributed by atoms with Gasteiger partial charge in [-0.2, -0.15) is 0 Å². The van der Waals surface area contributed by atoms with E-state index in [9.17, 15) is 9.18 Å². The summed E-state index contributed by atoms with van der Waals surface area (Å²) in [6.45, 7) is 3.70. The highest BCUT2D eigenvalue weighted by Crippen LogP contribution is 2.19. The quantitative estimate of drug-likeness (QED) is 0.918. The third kappa shape index (κ3) is 3.96. The molecule has 0 saturated heterocycles. The van der Waals surface area contributed by atoms with Crippen LogP contribution in [0.25, 0.3) is 0 Å². The first kappa shape index (κ1) is 16.9. The molecule has 102 valence electrons. The van der Waals surface area contributed by atoms with Gasteiger partial charge in [0, 0.05) is 12.7 Å². The van der Waals surface area contributed by atoms with Gasteiger partial charge in [0.15, 0.2) is 0 Å². The van der Waals surface area contributed by atoms with Crippen molar-refractivity contribution in [2.45, 2.75) is 32.2 Å². The number of benzene rings is 1. The smallest absolute Gasteiger partial charge is 0.246 e. The zero-order valence-corrected chi connectivity index (χ0v) is 11.8. The molecule has 0 aromatic heterocycles. The average Bonchev–Trinajstić information content (AvgIpc) is 2.28. The first-order valence-electron chi connectivity index (χ1n) is 5.71. The number of halogens is 2. The van der Waals surface area contributed by atoms with Crippen molar-refractivity contribution in [1.82, 2.24) is 0 Å². The number of nitrogens with zero attached hydrogens (tertiary/aromatic N) is 1. The molecule has 0 aliphatic heterocycles. The minimum atomic E-state index is -0.877. The Balaban J connectivity index is 0.00000289. The van der Waals surface area contributed by atoms with Crippen LogP contribution in [0.4, 0.5) is 10.1 Å². The number of amides is 1. The zero-order valence-electron chi connectivity index (χ0n) is 10.9. The van der Waals surface area contributed by atoms with Gasteiger partial charge in [0.2, 0.25) is 5.91 Å². The first-order valence-corrected chi connectivity index (χ1v) is 5.71. The molecule has 18 heavy (non-hydrogen) atoms. The van der Waals surface area contributed by atoms with Gasteiger partial charge in [-0.15, -0.1) is 12.4 Å². The molecule has 1 aromatic rings. The van der Waals surface area contributed by atoms with Crippen LogP contribution in [0.5, 0.6) is 0 Å².